The molecule has 0 atom stereocenters. The van der Waals surface area contributed by atoms with E-state index in [9.17, 15) is 34.6 Å². The third-order valence-electron chi connectivity index (χ3n) is 6.28. The lowest BCUT2D eigenvalue weighted by molar-refractivity contribution is -0.394. The van der Waals surface area contributed by atoms with Crippen LogP contribution in [0, 0.1) is 20.2 Å². The summed E-state index contributed by atoms with van der Waals surface area (Å²) in [6, 6.07) is 22.2. The number of nitro groups is 2. The molecule has 0 unspecified atom stereocenters. The van der Waals surface area contributed by atoms with Gasteiger partial charge in [-0.15, -0.1) is 0 Å². The Balaban J connectivity index is 1.34. The predicted octanol–water partition coefficient (Wildman–Crippen LogP) is 6.30. The summed E-state index contributed by atoms with van der Waals surface area (Å²) in [7, 11) is 0. The fraction of sp³-hybridized carbons (Fsp3) is 0.0333. The van der Waals surface area contributed by atoms with E-state index in [1.807, 2.05) is 30.3 Å². The van der Waals surface area contributed by atoms with E-state index >= 15 is 0 Å². The highest BCUT2D eigenvalue weighted by Gasteiger charge is 2.37. The van der Waals surface area contributed by atoms with Crippen molar-refractivity contribution < 1.29 is 33.7 Å². The van der Waals surface area contributed by atoms with Gasteiger partial charge in [0.15, 0.2) is 0 Å². The van der Waals surface area contributed by atoms with E-state index < -0.39 is 39.1 Å². The lowest BCUT2D eigenvalue weighted by Gasteiger charge is -2.26. The molecule has 1 aliphatic heterocycles. The number of carbonyl (C=O) groups is 3. The fourth-order valence-corrected chi connectivity index (χ4v) is 4.62. The van der Waals surface area contributed by atoms with Crippen molar-refractivity contribution in [2.75, 3.05) is 4.90 Å². The van der Waals surface area contributed by atoms with Crippen molar-refractivity contribution in [1.29, 1.82) is 0 Å². The Kier molecular flexibility index (Phi) is 8.44. The van der Waals surface area contributed by atoms with Crippen molar-refractivity contribution in [3.05, 3.63) is 132 Å². The second kappa shape index (κ2) is 12.5. The van der Waals surface area contributed by atoms with Crippen LogP contribution in [0.3, 0.4) is 0 Å². The zero-order valence-corrected chi connectivity index (χ0v) is 23.9. The monoisotopic (exact) mass is 658 g/mol. The first kappa shape index (κ1) is 29.6. The number of hydrogen-bond acceptors (Lipinski definition) is 9. The maximum Gasteiger partial charge on any atom is 0.335 e. The van der Waals surface area contributed by atoms with Gasteiger partial charge in [0.25, 0.3) is 17.5 Å². The van der Waals surface area contributed by atoms with Gasteiger partial charge in [0.2, 0.25) is 5.75 Å². The molecule has 44 heavy (non-hydrogen) atoms. The van der Waals surface area contributed by atoms with Gasteiger partial charge in [0.05, 0.1) is 26.1 Å². The lowest BCUT2D eigenvalue weighted by Crippen LogP contribution is -2.54. The molecular weight excluding hydrogens is 640 g/mol. The van der Waals surface area contributed by atoms with Gasteiger partial charge in [-0.05, 0) is 75.6 Å². The molecule has 13 nitrogen and oxygen atoms in total. The number of nitrogens with one attached hydrogen (secondary N) is 1. The minimum absolute atomic E-state index is 0.120. The average Bonchev–Trinajstić information content (AvgIpc) is 3.00. The van der Waals surface area contributed by atoms with Crippen molar-refractivity contribution in [3.8, 4) is 17.2 Å². The standard InChI is InChI=1S/C30H19BrN4O9/c31-24-15-19(6-12-26(24)44-27-13-9-21(34(39)40)16-25(27)35(41)42)14-23-28(36)32-30(38)33(29(23)37)20-7-10-22(11-8-20)43-17-18-4-2-1-3-5-18/h1-16H,17H2,(H,32,36,38)/b23-14+. The van der Waals surface area contributed by atoms with Gasteiger partial charge >= 0.3 is 11.7 Å². The Morgan fingerprint density at radius 1 is 0.841 bits per heavy atom. The molecule has 0 aromatic heterocycles. The Morgan fingerprint density at radius 2 is 1.55 bits per heavy atom. The molecule has 0 aliphatic carbocycles. The third kappa shape index (κ3) is 6.44. The minimum atomic E-state index is -0.912. The van der Waals surface area contributed by atoms with Crippen LogP contribution in [0.15, 0.2) is 101 Å². The number of amides is 4. The maximum atomic E-state index is 13.3. The molecule has 1 N–H and O–H groups in total. The van der Waals surface area contributed by atoms with Gasteiger partial charge < -0.3 is 9.47 Å². The normalized spacial score (nSPS) is 13.9. The van der Waals surface area contributed by atoms with Gasteiger partial charge in [0.1, 0.15) is 23.7 Å². The van der Waals surface area contributed by atoms with E-state index in [1.165, 1.54) is 36.4 Å². The van der Waals surface area contributed by atoms with E-state index in [-0.39, 0.29) is 22.8 Å². The number of benzene rings is 4. The number of barbiturate groups is 1. The fourth-order valence-electron chi connectivity index (χ4n) is 4.15. The quantitative estimate of drug-likeness (QED) is 0.0937. The molecule has 4 aromatic rings. The number of nitrogens with zero attached hydrogens (tertiary/aromatic N) is 3. The van der Waals surface area contributed by atoms with Crippen LogP contribution in [0.1, 0.15) is 11.1 Å². The van der Waals surface area contributed by atoms with Crippen LogP contribution in [-0.2, 0) is 16.2 Å². The highest BCUT2D eigenvalue weighted by Crippen LogP contribution is 2.37. The molecule has 14 heteroatoms. The van der Waals surface area contributed by atoms with Crippen molar-refractivity contribution in [2.24, 2.45) is 0 Å². The van der Waals surface area contributed by atoms with E-state index in [4.69, 9.17) is 9.47 Å². The van der Waals surface area contributed by atoms with Crippen LogP contribution in [-0.4, -0.2) is 27.7 Å². The number of ether oxygens (including phenoxy) is 2. The molecular formula is C30H19BrN4O9. The highest BCUT2D eigenvalue weighted by molar-refractivity contribution is 9.10. The first-order valence-corrected chi connectivity index (χ1v) is 13.5. The Morgan fingerprint density at radius 3 is 2.20 bits per heavy atom. The molecule has 0 bridgehead atoms. The molecule has 5 rings (SSSR count). The first-order valence-electron chi connectivity index (χ1n) is 12.7. The molecule has 4 aromatic carbocycles. The summed E-state index contributed by atoms with van der Waals surface area (Å²) in [5, 5.41) is 24.6. The van der Waals surface area contributed by atoms with Gasteiger partial charge in [-0.25, -0.2) is 9.69 Å². The minimum Gasteiger partial charge on any atom is -0.489 e. The largest absolute Gasteiger partial charge is 0.489 e. The summed E-state index contributed by atoms with van der Waals surface area (Å²) in [6.45, 7) is 0.328. The van der Waals surface area contributed by atoms with E-state index in [1.54, 1.807) is 12.1 Å². The molecule has 0 spiro atoms. The number of carbonyl (C=O) groups excluding carboxylic acids is 3. The summed E-state index contributed by atoms with van der Waals surface area (Å²) in [4.78, 5) is 60.3. The van der Waals surface area contributed by atoms with E-state index in [2.05, 4.69) is 21.2 Å². The van der Waals surface area contributed by atoms with E-state index in [0.29, 0.717) is 22.4 Å². The second-order valence-corrected chi connectivity index (χ2v) is 10.0. The smallest absolute Gasteiger partial charge is 0.335 e. The number of nitro benzene ring substituents is 2. The molecule has 1 heterocycles. The molecule has 0 radical (unpaired) electrons. The predicted molar refractivity (Wildman–Crippen MR) is 160 cm³/mol. The summed E-state index contributed by atoms with van der Waals surface area (Å²) >= 11 is 3.30. The average molecular weight is 659 g/mol. The van der Waals surface area contributed by atoms with Crippen molar-refractivity contribution >= 4 is 56.9 Å². The van der Waals surface area contributed by atoms with Gasteiger partial charge in [0, 0.05) is 6.07 Å². The number of urea groups is 1. The van der Waals surface area contributed by atoms with Crippen LogP contribution < -0.4 is 19.7 Å². The van der Waals surface area contributed by atoms with Crippen molar-refractivity contribution in [3.63, 3.8) is 0 Å². The van der Waals surface area contributed by atoms with E-state index in [0.717, 1.165) is 28.7 Å². The Hall–Kier alpha value is -5.89. The molecule has 1 aliphatic rings. The highest BCUT2D eigenvalue weighted by atomic mass is 79.9. The van der Waals surface area contributed by atoms with Crippen LogP contribution in [0.4, 0.5) is 21.9 Å². The van der Waals surface area contributed by atoms with Gasteiger partial charge in [-0.2, -0.15) is 0 Å². The zero-order chi connectivity index (χ0) is 31.4. The zero-order valence-electron chi connectivity index (χ0n) is 22.3. The molecule has 220 valence electrons. The number of halogens is 1. The summed E-state index contributed by atoms with van der Waals surface area (Å²) in [6.07, 6.45) is 1.28. The van der Waals surface area contributed by atoms with Gasteiger partial charge in [-0.1, -0.05) is 36.4 Å². The topological polar surface area (TPSA) is 171 Å². The van der Waals surface area contributed by atoms with Crippen molar-refractivity contribution in [1.82, 2.24) is 5.32 Å². The number of imide groups is 2. The third-order valence-corrected chi connectivity index (χ3v) is 6.90. The van der Waals surface area contributed by atoms with Crippen LogP contribution in [0.2, 0.25) is 0 Å². The lowest BCUT2D eigenvalue weighted by atomic mass is 10.1. The van der Waals surface area contributed by atoms with Gasteiger partial charge in [-0.3, -0.25) is 35.1 Å². The molecule has 1 saturated heterocycles. The van der Waals surface area contributed by atoms with Crippen LogP contribution in [0.25, 0.3) is 6.08 Å². The summed E-state index contributed by atoms with van der Waals surface area (Å²) in [5.74, 6) is -1.35. The number of anilines is 1. The summed E-state index contributed by atoms with van der Waals surface area (Å²) in [5.41, 5.74) is 0.144. The van der Waals surface area contributed by atoms with Crippen molar-refractivity contribution in [2.45, 2.75) is 6.61 Å². The molecule has 1 fully saturated rings. The maximum absolute atomic E-state index is 13.3. The second-order valence-electron chi connectivity index (χ2n) is 9.18. The SMILES string of the molecule is O=C1NC(=O)N(c2ccc(OCc3ccccc3)cc2)C(=O)/C1=C/c1ccc(Oc2ccc([N+](=O)[O-])cc2[N+](=O)[O-])c(Br)c1. The number of hydrogen-bond donors (Lipinski definition) is 1. The van der Waals surface area contributed by atoms with Crippen LogP contribution >= 0.6 is 15.9 Å². The summed E-state index contributed by atoms with van der Waals surface area (Å²) < 4.78 is 11.7. The number of non-ortho nitro benzene ring substituents is 1. The Labute approximate surface area is 256 Å². The molecule has 4 amide bonds. The van der Waals surface area contributed by atoms with Crippen LogP contribution in [0.5, 0.6) is 17.2 Å². The molecule has 0 saturated carbocycles. The number of rotatable bonds is 9. The first-order chi connectivity index (χ1) is 21.1. The Bertz CT molecular complexity index is 1840.